The Hall–Kier alpha value is -2.87. The van der Waals surface area contributed by atoms with Crippen LogP contribution < -0.4 is 11.0 Å². The highest BCUT2D eigenvalue weighted by Gasteiger charge is 2.31. The van der Waals surface area contributed by atoms with Crippen molar-refractivity contribution in [2.45, 2.75) is 18.9 Å². The number of imidazole rings is 1. The number of aromatic nitrogens is 2. The number of hydrogen-bond acceptors (Lipinski definition) is 5. The second kappa shape index (κ2) is 6.94. The molecule has 0 spiro atoms. The summed E-state index contributed by atoms with van der Waals surface area (Å²) in [7, 11) is 1.64. The van der Waals surface area contributed by atoms with Gasteiger partial charge in [0.05, 0.1) is 23.9 Å². The molecule has 1 aromatic carbocycles. The minimum atomic E-state index is -0.692. The molecule has 1 aliphatic rings. The van der Waals surface area contributed by atoms with Crippen molar-refractivity contribution < 1.29 is 19.4 Å². The molecule has 25 heavy (non-hydrogen) atoms. The monoisotopic (exact) mass is 345 g/mol. The number of nitrogens with zero attached hydrogens (tertiary/aromatic N) is 2. The van der Waals surface area contributed by atoms with E-state index in [4.69, 9.17) is 9.84 Å². The fourth-order valence-corrected chi connectivity index (χ4v) is 2.96. The maximum atomic E-state index is 12.6. The predicted molar refractivity (Wildman–Crippen MR) is 90.7 cm³/mol. The summed E-state index contributed by atoms with van der Waals surface area (Å²) < 4.78 is 8.00. The lowest BCUT2D eigenvalue weighted by Gasteiger charge is -2.21. The summed E-state index contributed by atoms with van der Waals surface area (Å²) in [6, 6.07) is 4.70. The Kier molecular flexibility index (Phi) is 4.71. The summed E-state index contributed by atoms with van der Waals surface area (Å²) in [4.78, 5) is 36.1. The third-order valence-corrected chi connectivity index (χ3v) is 4.20. The van der Waals surface area contributed by atoms with Gasteiger partial charge in [-0.25, -0.2) is 4.79 Å². The minimum absolute atomic E-state index is 0.0628. The lowest BCUT2D eigenvalue weighted by Crippen LogP contribution is -2.44. The number of piperidine rings is 1. The molecule has 2 amide bonds. The van der Waals surface area contributed by atoms with Crippen LogP contribution in [0.4, 0.5) is 0 Å². The van der Waals surface area contributed by atoms with Crippen molar-refractivity contribution in [3.8, 4) is 0 Å². The van der Waals surface area contributed by atoms with Gasteiger partial charge in [-0.1, -0.05) is 6.07 Å². The summed E-state index contributed by atoms with van der Waals surface area (Å²) in [5.41, 5.74) is 1.83. The number of carbonyl (C=O) groups excluding carboxylic acids is 2. The highest BCUT2D eigenvalue weighted by Crippen LogP contribution is 2.24. The van der Waals surface area contributed by atoms with Crippen LogP contribution in [0.2, 0.25) is 0 Å². The summed E-state index contributed by atoms with van der Waals surface area (Å²) >= 11 is 0. The van der Waals surface area contributed by atoms with Gasteiger partial charge < -0.3 is 9.84 Å². The lowest BCUT2D eigenvalue weighted by molar-refractivity contribution is -0.135. The maximum Gasteiger partial charge on any atom is 0.329 e. The Morgan fingerprint density at radius 1 is 1.32 bits per heavy atom. The predicted octanol–water partition coefficient (Wildman–Crippen LogP) is 0.297. The number of ether oxygens (including phenoxy) is 1. The fourth-order valence-electron chi connectivity index (χ4n) is 2.96. The van der Waals surface area contributed by atoms with Crippen LogP contribution in [-0.2, 0) is 21.4 Å². The molecule has 8 nitrogen and oxygen atoms in total. The molecule has 1 aromatic heterocycles. The second-order valence-corrected chi connectivity index (χ2v) is 5.82. The Balaban J connectivity index is 1.99. The van der Waals surface area contributed by atoms with Gasteiger partial charge in [-0.15, -0.1) is 0 Å². The molecular weight excluding hydrogens is 326 g/mol. The molecule has 2 N–H and O–H groups in total. The van der Waals surface area contributed by atoms with E-state index in [0.29, 0.717) is 17.5 Å². The number of benzene rings is 1. The van der Waals surface area contributed by atoms with Crippen LogP contribution in [0.1, 0.15) is 24.4 Å². The van der Waals surface area contributed by atoms with E-state index in [1.165, 1.54) is 15.4 Å². The summed E-state index contributed by atoms with van der Waals surface area (Å²) in [5.74, 6) is -0.767. The molecule has 2 aromatic rings. The van der Waals surface area contributed by atoms with Gasteiger partial charge in [0.25, 0.3) is 0 Å². The van der Waals surface area contributed by atoms with Gasteiger partial charge >= 0.3 is 5.69 Å². The average molecular weight is 345 g/mol. The third kappa shape index (κ3) is 3.20. The Labute approximate surface area is 143 Å². The van der Waals surface area contributed by atoms with Crippen LogP contribution in [0.15, 0.2) is 29.3 Å². The van der Waals surface area contributed by atoms with Gasteiger partial charge in [-0.2, -0.15) is 0 Å². The first-order valence-electron chi connectivity index (χ1n) is 7.96. The number of rotatable bonds is 5. The van der Waals surface area contributed by atoms with Crippen molar-refractivity contribution in [1.82, 2.24) is 14.5 Å². The summed E-state index contributed by atoms with van der Waals surface area (Å²) in [5, 5.41) is 11.0. The lowest BCUT2D eigenvalue weighted by atomic mass is 10.1. The van der Waals surface area contributed by atoms with Crippen LogP contribution in [0, 0.1) is 0 Å². The SMILES string of the molecule is Cn1c(=O)n(C2CCC(=O)NC2=O)c2ccc(/C=C/OCCO)cc21. The van der Waals surface area contributed by atoms with Crippen molar-refractivity contribution >= 4 is 28.9 Å². The molecule has 0 saturated carbocycles. The molecule has 2 heterocycles. The first kappa shape index (κ1) is 17.0. The maximum absolute atomic E-state index is 12.6. The number of fused-ring (bicyclic) bond motifs is 1. The quantitative estimate of drug-likeness (QED) is 0.461. The van der Waals surface area contributed by atoms with E-state index in [2.05, 4.69) is 5.32 Å². The van der Waals surface area contributed by atoms with E-state index in [1.54, 1.807) is 19.2 Å². The molecule has 1 aliphatic heterocycles. The van der Waals surface area contributed by atoms with E-state index in [0.717, 1.165) is 5.56 Å². The number of aryl methyl sites for hydroxylation is 1. The topological polar surface area (TPSA) is 103 Å². The molecule has 1 atom stereocenters. The Bertz CT molecular complexity index is 909. The molecule has 0 radical (unpaired) electrons. The highest BCUT2D eigenvalue weighted by atomic mass is 16.5. The smallest absolute Gasteiger partial charge is 0.329 e. The number of imide groups is 1. The van der Waals surface area contributed by atoms with Crippen LogP contribution in [0.3, 0.4) is 0 Å². The second-order valence-electron chi connectivity index (χ2n) is 5.82. The van der Waals surface area contributed by atoms with Crippen molar-refractivity contribution in [2.24, 2.45) is 7.05 Å². The van der Waals surface area contributed by atoms with Crippen molar-refractivity contribution in [3.63, 3.8) is 0 Å². The first-order valence-corrected chi connectivity index (χ1v) is 7.96. The Morgan fingerprint density at radius 3 is 2.84 bits per heavy atom. The average Bonchev–Trinajstić information content (AvgIpc) is 2.83. The third-order valence-electron chi connectivity index (χ3n) is 4.20. The highest BCUT2D eigenvalue weighted by molar-refractivity contribution is 6.00. The van der Waals surface area contributed by atoms with E-state index in [1.807, 2.05) is 12.1 Å². The van der Waals surface area contributed by atoms with Gasteiger partial charge in [-0.3, -0.25) is 24.0 Å². The van der Waals surface area contributed by atoms with Gasteiger partial charge in [0, 0.05) is 13.5 Å². The summed E-state index contributed by atoms with van der Waals surface area (Å²) in [6.07, 6.45) is 3.72. The zero-order valence-corrected chi connectivity index (χ0v) is 13.8. The van der Waals surface area contributed by atoms with Crippen LogP contribution in [0.25, 0.3) is 17.1 Å². The van der Waals surface area contributed by atoms with Crippen molar-refractivity contribution in [3.05, 3.63) is 40.5 Å². The van der Waals surface area contributed by atoms with Gasteiger partial charge in [0.2, 0.25) is 11.8 Å². The molecule has 132 valence electrons. The Morgan fingerprint density at radius 2 is 2.12 bits per heavy atom. The number of carbonyl (C=O) groups is 2. The van der Waals surface area contributed by atoms with E-state index < -0.39 is 11.9 Å². The summed E-state index contributed by atoms with van der Waals surface area (Å²) in [6.45, 7) is 0.149. The number of amides is 2. The zero-order valence-electron chi connectivity index (χ0n) is 13.8. The standard InChI is InChI=1S/C17H19N3O5/c1-19-14-10-11(6-8-25-9-7-21)2-3-12(14)20(17(19)24)13-4-5-15(22)18-16(13)23/h2-3,6,8,10,13,21H,4-5,7,9H2,1H3,(H,18,22,23)/b8-6+. The minimum Gasteiger partial charge on any atom is -0.499 e. The molecule has 0 bridgehead atoms. The molecule has 8 heteroatoms. The largest absolute Gasteiger partial charge is 0.499 e. The normalized spacial score (nSPS) is 18.1. The number of aliphatic hydroxyl groups is 1. The fraction of sp³-hybridized carbons (Fsp3) is 0.353. The van der Waals surface area contributed by atoms with Crippen molar-refractivity contribution in [2.75, 3.05) is 13.2 Å². The molecule has 3 rings (SSSR count). The van der Waals surface area contributed by atoms with Crippen LogP contribution in [0.5, 0.6) is 0 Å². The number of aliphatic hydroxyl groups excluding tert-OH is 1. The van der Waals surface area contributed by atoms with Gasteiger partial charge in [0.15, 0.2) is 0 Å². The first-order chi connectivity index (χ1) is 12.0. The zero-order chi connectivity index (χ0) is 18.0. The van der Waals surface area contributed by atoms with Crippen molar-refractivity contribution in [1.29, 1.82) is 0 Å². The van der Waals surface area contributed by atoms with E-state index in [9.17, 15) is 14.4 Å². The number of nitrogens with one attached hydrogen (secondary N) is 1. The van der Waals surface area contributed by atoms with Crippen LogP contribution in [-0.4, -0.2) is 39.3 Å². The van der Waals surface area contributed by atoms with Crippen LogP contribution >= 0.6 is 0 Å². The molecular formula is C17H19N3O5. The number of hydrogen-bond donors (Lipinski definition) is 2. The molecule has 1 fully saturated rings. The molecule has 1 unspecified atom stereocenters. The molecule has 1 saturated heterocycles. The van der Waals surface area contributed by atoms with E-state index >= 15 is 0 Å². The molecule has 0 aliphatic carbocycles. The van der Waals surface area contributed by atoms with E-state index in [-0.39, 0.29) is 31.2 Å². The van der Waals surface area contributed by atoms with Gasteiger partial charge in [-0.05, 0) is 30.2 Å². The van der Waals surface area contributed by atoms with Gasteiger partial charge in [0.1, 0.15) is 12.6 Å².